The van der Waals surface area contributed by atoms with E-state index in [1.54, 1.807) is 23.1 Å². The average Bonchev–Trinajstić information content (AvgIpc) is 2.90. The third kappa shape index (κ3) is 2.45. The van der Waals surface area contributed by atoms with Crippen LogP contribution in [0.3, 0.4) is 0 Å². The molecule has 0 atom stereocenters. The molecule has 1 aromatic carbocycles. The van der Waals surface area contributed by atoms with Crippen molar-refractivity contribution in [2.75, 3.05) is 11.4 Å². The van der Waals surface area contributed by atoms with E-state index in [-0.39, 0.29) is 5.91 Å². The molecule has 0 unspecified atom stereocenters. The zero-order valence-corrected chi connectivity index (χ0v) is 9.37. The summed E-state index contributed by atoms with van der Waals surface area (Å²) in [6.07, 6.45) is 3.18. The van der Waals surface area contributed by atoms with Gasteiger partial charge in [-0.2, -0.15) is 0 Å². The standard InChI is InChI=1S/C14H13NO2/c1-2-10-15(12-7-4-3-5-8-12)14(16)13-9-6-11-17-13/h2-9,11H,1,10H2. The number of anilines is 1. The van der Waals surface area contributed by atoms with Crippen LogP contribution < -0.4 is 4.90 Å². The van der Waals surface area contributed by atoms with Crippen molar-refractivity contribution in [2.45, 2.75) is 0 Å². The van der Waals surface area contributed by atoms with E-state index in [9.17, 15) is 4.79 Å². The highest BCUT2D eigenvalue weighted by atomic mass is 16.3. The lowest BCUT2D eigenvalue weighted by molar-refractivity contribution is 0.0963. The van der Waals surface area contributed by atoms with Crippen LogP contribution in [0.4, 0.5) is 5.69 Å². The van der Waals surface area contributed by atoms with Crippen molar-refractivity contribution in [3.63, 3.8) is 0 Å². The molecule has 0 aliphatic carbocycles. The molecule has 0 radical (unpaired) electrons. The Kier molecular flexibility index (Phi) is 3.40. The van der Waals surface area contributed by atoms with E-state index in [0.29, 0.717) is 12.3 Å². The first kappa shape index (κ1) is 11.2. The minimum atomic E-state index is -0.166. The number of amides is 1. The first-order valence-corrected chi connectivity index (χ1v) is 5.34. The number of carbonyl (C=O) groups is 1. The maximum Gasteiger partial charge on any atom is 0.294 e. The molecule has 0 N–H and O–H groups in total. The van der Waals surface area contributed by atoms with Crippen molar-refractivity contribution >= 4 is 11.6 Å². The molecule has 3 heteroatoms. The Balaban J connectivity index is 2.30. The SMILES string of the molecule is C=CCN(C(=O)c1ccco1)c1ccccc1. The number of furan rings is 1. The summed E-state index contributed by atoms with van der Waals surface area (Å²) in [4.78, 5) is 13.8. The van der Waals surface area contributed by atoms with Crippen LogP contribution >= 0.6 is 0 Å². The van der Waals surface area contributed by atoms with Gasteiger partial charge in [0.15, 0.2) is 5.76 Å². The van der Waals surface area contributed by atoms with Crippen LogP contribution in [0, 0.1) is 0 Å². The van der Waals surface area contributed by atoms with E-state index in [1.165, 1.54) is 6.26 Å². The van der Waals surface area contributed by atoms with Crippen molar-refractivity contribution in [1.82, 2.24) is 0 Å². The Morgan fingerprint density at radius 2 is 2.00 bits per heavy atom. The van der Waals surface area contributed by atoms with Gasteiger partial charge in [0.1, 0.15) is 0 Å². The lowest BCUT2D eigenvalue weighted by atomic mass is 10.2. The molecule has 0 spiro atoms. The normalized spacial score (nSPS) is 9.88. The van der Waals surface area contributed by atoms with E-state index in [2.05, 4.69) is 6.58 Å². The van der Waals surface area contributed by atoms with Crippen LogP contribution in [0.15, 0.2) is 65.8 Å². The van der Waals surface area contributed by atoms with Crippen LogP contribution in [0.1, 0.15) is 10.6 Å². The highest BCUT2D eigenvalue weighted by Gasteiger charge is 2.18. The fourth-order valence-electron chi connectivity index (χ4n) is 1.58. The molecule has 0 aliphatic heterocycles. The molecule has 0 saturated carbocycles. The third-order valence-corrected chi connectivity index (χ3v) is 2.36. The summed E-state index contributed by atoms with van der Waals surface area (Å²) in [7, 11) is 0. The van der Waals surface area contributed by atoms with Crippen molar-refractivity contribution in [2.24, 2.45) is 0 Å². The molecule has 1 aromatic heterocycles. The summed E-state index contributed by atoms with van der Waals surface area (Å²) in [5.41, 5.74) is 0.828. The van der Waals surface area contributed by atoms with Crippen molar-refractivity contribution < 1.29 is 9.21 Å². The molecule has 86 valence electrons. The van der Waals surface area contributed by atoms with E-state index in [0.717, 1.165) is 5.69 Å². The Labute approximate surface area is 100.0 Å². The van der Waals surface area contributed by atoms with Crippen LogP contribution in [-0.2, 0) is 0 Å². The van der Waals surface area contributed by atoms with Crippen LogP contribution in [0.2, 0.25) is 0 Å². The summed E-state index contributed by atoms with van der Waals surface area (Å²) in [6.45, 7) is 4.11. The highest BCUT2D eigenvalue weighted by molar-refractivity contribution is 6.04. The second-order valence-corrected chi connectivity index (χ2v) is 3.52. The largest absolute Gasteiger partial charge is 0.459 e. The summed E-state index contributed by atoms with van der Waals surface area (Å²) in [5.74, 6) is 0.164. The molecule has 0 aliphatic rings. The molecule has 3 nitrogen and oxygen atoms in total. The first-order chi connectivity index (χ1) is 8.33. The van der Waals surface area contributed by atoms with Crippen LogP contribution in [0.25, 0.3) is 0 Å². The average molecular weight is 227 g/mol. The van der Waals surface area contributed by atoms with E-state index >= 15 is 0 Å². The van der Waals surface area contributed by atoms with Crippen molar-refractivity contribution in [3.8, 4) is 0 Å². The van der Waals surface area contributed by atoms with E-state index in [4.69, 9.17) is 4.42 Å². The molecule has 1 heterocycles. The van der Waals surface area contributed by atoms with Gasteiger partial charge in [-0.1, -0.05) is 24.3 Å². The van der Waals surface area contributed by atoms with Gasteiger partial charge < -0.3 is 9.32 Å². The molecular formula is C14H13NO2. The van der Waals surface area contributed by atoms with Gasteiger partial charge in [0.05, 0.1) is 6.26 Å². The van der Waals surface area contributed by atoms with Gasteiger partial charge in [-0.3, -0.25) is 4.79 Å². The summed E-state index contributed by atoms with van der Waals surface area (Å²) in [5, 5.41) is 0. The molecule has 0 fully saturated rings. The molecule has 0 saturated heterocycles. The lowest BCUT2D eigenvalue weighted by Crippen LogP contribution is -2.30. The van der Waals surface area contributed by atoms with Crippen LogP contribution in [0.5, 0.6) is 0 Å². The first-order valence-electron chi connectivity index (χ1n) is 5.34. The molecule has 2 rings (SSSR count). The minimum Gasteiger partial charge on any atom is -0.459 e. The number of nitrogens with zero attached hydrogens (tertiary/aromatic N) is 1. The number of benzene rings is 1. The van der Waals surface area contributed by atoms with Crippen molar-refractivity contribution in [1.29, 1.82) is 0 Å². The second-order valence-electron chi connectivity index (χ2n) is 3.52. The smallest absolute Gasteiger partial charge is 0.294 e. The number of para-hydroxylation sites is 1. The summed E-state index contributed by atoms with van der Waals surface area (Å²) < 4.78 is 5.12. The third-order valence-electron chi connectivity index (χ3n) is 2.36. The predicted molar refractivity (Wildman–Crippen MR) is 67.0 cm³/mol. The van der Waals surface area contributed by atoms with Gasteiger partial charge in [-0.25, -0.2) is 0 Å². The van der Waals surface area contributed by atoms with Crippen molar-refractivity contribution in [3.05, 3.63) is 67.1 Å². The summed E-state index contributed by atoms with van der Waals surface area (Å²) in [6, 6.07) is 12.8. The quantitative estimate of drug-likeness (QED) is 0.752. The Hall–Kier alpha value is -2.29. The van der Waals surface area contributed by atoms with E-state index < -0.39 is 0 Å². The predicted octanol–water partition coefficient (Wildman–Crippen LogP) is 3.11. The maximum atomic E-state index is 12.2. The van der Waals surface area contributed by atoms with Gasteiger partial charge in [0.25, 0.3) is 5.91 Å². The van der Waals surface area contributed by atoms with Gasteiger partial charge in [0.2, 0.25) is 0 Å². The topological polar surface area (TPSA) is 33.5 Å². The van der Waals surface area contributed by atoms with Gasteiger partial charge in [-0.15, -0.1) is 6.58 Å². The minimum absolute atomic E-state index is 0.166. The molecular weight excluding hydrogens is 214 g/mol. The Bertz CT molecular complexity index is 488. The second kappa shape index (κ2) is 5.16. The fourth-order valence-corrected chi connectivity index (χ4v) is 1.58. The molecule has 0 bridgehead atoms. The zero-order chi connectivity index (χ0) is 12.1. The monoisotopic (exact) mass is 227 g/mol. The van der Waals surface area contributed by atoms with Gasteiger partial charge >= 0.3 is 0 Å². The lowest BCUT2D eigenvalue weighted by Gasteiger charge is -2.19. The number of hydrogen-bond acceptors (Lipinski definition) is 2. The molecule has 17 heavy (non-hydrogen) atoms. The molecule has 2 aromatic rings. The Morgan fingerprint density at radius 3 is 2.59 bits per heavy atom. The van der Waals surface area contributed by atoms with Crippen LogP contribution in [-0.4, -0.2) is 12.5 Å². The molecule has 1 amide bonds. The van der Waals surface area contributed by atoms with Gasteiger partial charge in [-0.05, 0) is 24.3 Å². The summed E-state index contributed by atoms with van der Waals surface area (Å²) >= 11 is 0. The number of hydrogen-bond donors (Lipinski definition) is 0. The number of rotatable bonds is 4. The Morgan fingerprint density at radius 1 is 1.24 bits per heavy atom. The fraction of sp³-hybridized carbons (Fsp3) is 0.0714. The van der Waals surface area contributed by atoms with Gasteiger partial charge in [0, 0.05) is 12.2 Å². The zero-order valence-electron chi connectivity index (χ0n) is 9.37. The van der Waals surface area contributed by atoms with E-state index in [1.807, 2.05) is 30.3 Å². The maximum absolute atomic E-state index is 12.2. The highest BCUT2D eigenvalue weighted by Crippen LogP contribution is 2.16. The number of carbonyl (C=O) groups excluding carboxylic acids is 1.